The number of amides is 1. The lowest BCUT2D eigenvalue weighted by Crippen LogP contribution is -2.41. The molecule has 0 bridgehead atoms. The number of halogens is 1. The lowest BCUT2D eigenvalue weighted by molar-refractivity contribution is 0.0238. The maximum absolute atomic E-state index is 12.6. The van der Waals surface area contributed by atoms with Crippen LogP contribution in [0.15, 0.2) is 65.9 Å². The quantitative estimate of drug-likeness (QED) is 0.403. The normalized spacial score (nSPS) is 19.6. The third-order valence-corrected chi connectivity index (χ3v) is 9.16. The number of carbonyl (C=O) groups is 1. The second-order valence-corrected chi connectivity index (χ2v) is 12.5. The molecule has 40 heavy (non-hydrogen) atoms. The zero-order chi connectivity index (χ0) is 27.9. The summed E-state index contributed by atoms with van der Waals surface area (Å²) in [5, 5.41) is 2.02. The number of oxazole rings is 1. The zero-order valence-electron chi connectivity index (χ0n) is 22.4. The summed E-state index contributed by atoms with van der Waals surface area (Å²) in [6, 6.07) is 7.54. The van der Waals surface area contributed by atoms with Crippen LogP contribution < -0.4 is 0 Å². The van der Waals surface area contributed by atoms with E-state index >= 15 is 0 Å². The van der Waals surface area contributed by atoms with E-state index in [0.29, 0.717) is 42.1 Å². The first-order valence-corrected chi connectivity index (χ1v) is 16.2. The molecule has 3 aliphatic rings. The molecule has 4 heterocycles. The van der Waals surface area contributed by atoms with E-state index in [4.69, 9.17) is 30.5 Å². The highest BCUT2D eigenvalue weighted by atomic mass is 35.5. The zero-order valence-corrected chi connectivity index (χ0v) is 24.8. The number of benzene rings is 1. The van der Waals surface area contributed by atoms with Gasteiger partial charge in [0.05, 0.1) is 18.2 Å². The number of hydrogen-bond donors (Lipinski definition) is 0. The molecule has 0 N–H and O–H groups in total. The first kappa shape index (κ1) is 29.1. The number of aliphatic imine (C=N–C) groups is 1. The molecule has 214 valence electrons. The predicted octanol–water partition coefficient (Wildman–Crippen LogP) is 5.26. The van der Waals surface area contributed by atoms with Gasteiger partial charge in [-0.1, -0.05) is 29.8 Å². The Bertz CT molecular complexity index is 1300. The fraction of sp³-hybridized carbons (Fsp3) is 0.464. The second kappa shape index (κ2) is 14.0. The third kappa shape index (κ3) is 7.64. The van der Waals surface area contributed by atoms with Crippen LogP contribution in [0.25, 0.3) is 11.3 Å². The molecule has 0 saturated carbocycles. The van der Waals surface area contributed by atoms with Crippen molar-refractivity contribution in [2.24, 2.45) is 4.99 Å². The summed E-state index contributed by atoms with van der Waals surface area (Å²) in [6.07, 6.45) is 9.06. The van der Waals surface area contributed by atoms with Gasteiger partial charge in [-0.05, 0) is 49.2 Å². The predicted molar refractivity (Wildman–Crippen MR) is 157 cm³/mol. The van der Waals surface area contributed by atoms with Crippen molar-refractivity contribution < 1.29 is 22.9 Å². The van der Waals surface area contributed by atoms with Crippen molar-refractivity contribution in [2.75, 3.05) is 58.8 Å². The maximum Gasteiger partial charge on any atom is 0.409 e. The largest absolute Gasteiger partial charge is 0.448 e. The topological polar surface area (TPSA) is 97.5 Å². The van der Waals surface area contributed by atoms with Gasteiger partial charge in [0.2, 0.25) is 0 Å². The number of piperidine rings is 1. The van der Waals surface area contributed by atoms with Gasteiger partial charge in [0, 0.05) is 72.4 Å². The van der Waals surface area contributed by atoms with Crippen LogP contribution in [0, 0.1) is 0 Å². The number of aromatic nitrogens is 1. The lowest BCUT2D eigenvalue weighted by atomic mass is 9.97. The van der Waals surface area contributed by atoms with Crippen LogP contribution in [0.5, 0.6) is 0 Å². The van der Waals surface area contributed by atoms with Crippen LogP contribution in [0.2, 0.25) is 0 Å². The Kier molecular flexibility index (Phi) is 10.1. The number of ether oxygens (including phenoxy) is 2. The van der Waals surface area contributed by atoms with E-state index in [2.05, 4.69) is 9.89 Å². The molecule has 2 fully saturated rings. The first-order chi connectivity index (χ1) is 19.5. The number of carbonyl (C=O) groups excluding carboxylic acids is 1. The molecule has 1 atom stereocenters. The van der Waals surface area contributed by atoms with Crippen LogP contribution in [0.4, 0.5) is 4.79 Å². The Morgan fingerprint density at radius 1 is 1.15 bits per heavy atom. The van der Waals surface area contributed by atoms with Crippen molar-refractivity contribution in [2.45, 2.75) is 35.2 Å². The van der Waals surface area contributed by atoms with Crippen molar-refractivity contribution in [3.8, 4) is 11.3 Å². The van der Waals surface area contributed by atoms with E-state index in [1.54, 1.807) is 17.4 Å². The highest BCUT2D eigenvalue weighted by Gasteiger charge is 2.29. The number of rotatable bonds is 8. The molecule has 1 aromatic heterocycles. The minimum absolute atomic E-state index is 0.0793. The van der Waals surface area contributed by atoms with Gasteiger partial charge in [0.25, 0.3) is 0 Å². The summed E-state index contributed by atoms with van der Waals surface area (Å²) < 4.78 is 29.2. The minimum atomic E-state index is -1.07. The van der Waals surface area contributed by atoms with Crippen LogP contribution in [0.1, 0.15) is 31.1 Å². The summed E-state index contributed by atoms with van der Waals surface area (Å²) in [4.78, 5) is 26.8. The van der Waals surface area contributed by atoms with Crippen LogP contribution in [-0.4, -0.2) is 90.1 Å². The van der Waals surface area contributed by atoms with Crippen molar-refractivity contribution >= 4 is 46.5 Å². The van der Waals surface area contributed by atoms with E-state index in [1.807, 2.05) is 36.4 Å². The molecule has 1 aromatic carbocycles. The van der Waals surface area contributed by atoms with Gasteiger partial charge in [-0.3, -0.25) is 9.11 Å². The average Bonchev–Trinajstić information content (AvgIpc) is 3.28. The molecule has 1 amide bonds. The molecule has 2 saturated heterocycles. The molecule has 3 aliphatic heterocycles. The van der Waals surface area contributed by atoms with E-state index in [1.165, 1.54) is 11.8 Å². The smallest absolute Gasteiger partial charge is 0.409 e. The Balaban J connectivity index is 1.25. The number of allylic oxidation sites excluding steroid dienone is 3. The standard InChI is InChI=1S/C28H33ClN4O5S2/c1-40(35)23-7-5-20(6-8-23)25-27(39-24-4-2-3-22(29)19-30-24)38-26(31-25)21-9-11-33(12-10-21)28(34)37-18-15-32-13-16-36-17-14-32/h3-8,19,21H,2,9-18H2,1H3. The second-order valence-electron chi connectivity index (χ2n) is 9.72. The number of thioether (sulfide) groups is 1. The molecule has 5 rings (SSSR count). The molecular formula is C28H33ClN4O5S2. The Morgan fingerprint density at radius 2 is 1.90 bits per heavy atom. The molecule has 12 heteroatoms. The van der Waals surface area contributed by atoms with E-state index in [-0.39, 0.29) is 12.0 Å². The highest BCUT2D eigenvalue weighted by molar-refractivity contribution is 8.03. The van der Waals surface area contributed by atoms with Crippen molar-refractivity contribution in [1.29, 1.82) is 0 Å². The fourth-order valence-electron chi connectivity index (χ4n) is 4.71. The fourth-order valence-corrected chi connectivity index (χ4v) is 6.23. The Morgan fingerprint density at radius 3 is 2.62 bits per heavy atom. The van der Waals surface area contributed by atoms with Crippen LogP contribution in [0.3, 0.4) is 0 Å². The minimum Gasteiger partial charge on any atom is -0.448 e. The SMILES string of the molecule is CS(=O)c1ccc(-c2nc(C3CCN(C(=O)OCCN4CCOCC4)CC3)oc2SC2=CCC=C(Cl)C=N2)cc1. The summed E-state index contributed by atoms with van der Waals surface area (Å²) in [6.45, 7) is 5.47. The molecular weight excluding hydrogens is 572 g/mol. The summed E-state index contributed by atoms with van der Waals surface area (Å²) in [5.74, 6) is 0.728. The van der Waals surface area contributed by atoms with Crippen molar-refractivity contribution in [1.82, 2.24) is 14.8 Å². The van der Waals surface area contributed by atoms with E-state index < -0.39 is 10.8 Å². The summed E-state index contributed by atoms with van der Waals surface area (Å²) in [7, 11) is -1.07. The summed E-state index contributed by atoms with van der Waals surface area (Å²) in [5.41, 5.74) is 1.60. The van der Waals surface area contributed by atoms with E-state index in [9.17, 15) is 9.00 Å². The molecule has 1 unspecified atom stereocenters. The van der Waals surface area contributed by atoms with Gasteiger partial charge in [-0.2, -0.15) is 0 Å². The molecule has 0 spiro atoms. The van der Waals surface area contributed by atoms with Crippen LogP contribution >= 0.6 is 23.4 Å². The van der Waals surface area contributed by atoms with Crippen LogP contribution in [-0.2, 0) is 20.3 Å². The highest BCUT2D eigenvalue weighted by Crippen LogP contribution is 2.40. The van der Waals surface area contributed by atoms with Crippen molar-refractivity contribution in [3.05, 3.63) is 52.4 Å². The Hall–Kier alpha value is -2.44. The number of nitrogens with zero attached hydrogens (tertiary/aromatic N) is 4. The first-order valence-electron chi connectivity index (χ1n) is 13.4. The van der Waals surface area contributed by atoms with Gasteiger partial charge < -0.3 is 18.8 Å². The maximum atomic E-state index is 12.6. The lowest BCUT2D eigenvalue weighted by Gasteiger charge is -2.30. The molecule has 0 radical (unpaired) electrons. The number of likely N-dealkylation sites (tertiary alicyclic amines) is 1. The Labute approximate surface area is 246 Å². The molecule has 0 aliphatic carbocycles. The van der Waals surface area contributed by atoms with Gasteiger partial charge in [-0.15, -0.1) is 0 Å². The summed E-state index contributed by atoms with van der Waals surface area (Å²) >= 11 is 7.53. The van der Waals surface area contributed by atoms with Gasteiger partial charge in [-0.25, -0.2) is 14.8 Å². The van der Waals surface area contributed by atoms with Crippen molar-refractivity contribution in [3.63, 3.8) is 0 Å². The average molecular weight is 605 g/mol. The van der Waals surface area contributed by atoms with Gasteiger partial charge >= 0.3 is 6.09 Å². The monoisotopic (exact) mass is 604 g/mol. The number of morpholine rings is 1. The van der Waals surface area contributed by atoms with E-state index in [0.717, 1.165) is 66.9 Å². The third-order valence-electron chi connectivity index (χ3n) is 7.03. The van der Waals surface area contributed by atoms with Gasteiger partial charge in [0.15, 0.2) is 11.0 Å². The molecule has 9 nitrogen and oxygen atoms in total. The molecule has 2 aromatic rings. The number of hydrogen-bond acceptors (Lipinski definition) is 9. The van der Waals surface area contributed by atoms with Gasteiger partial charge in [0.1, 0.15) is 17.3 Å².